The zero-order chi connectivity index (χ0) is 10.7. The first kappa shape index (κ1) is 10.9. The van der Waals surface area contributed by atoms with Crippen LogP contribution in [0.3, 0.4) is 0 Å². The largest absolute Gasteiger partial charge is 0.369 e. The summed E-state index contributed by atoms with van der Waals surface area (Å²) in [5.74, 6) is 1.69. The first-order chi connectivity index (χ1) is 7.25. The Bertz CT molecular complexity index is 335. The van der Waals surface area contributed by atoms with Crippen molar-refractivity contribution in [3.63, 3.8) is 0 Å². The number of pyridine rings is 1. The summed E-state index contributed by atoms with van der Waals surface area (Å²) in [4.78, 5) is 4.36. The van der Waals surface area contributed by atoms with Crippen LogP contribution in [0.2, 0.25) is 0 Å². The van der Waals surface area contributed by atoms with Crippen molar-refractivity contribution in [3.8, 4) is 0 Å². The number of anilines is 1. The molecule has 1 fully saturated rings. The maximum atomic E-state index is 4.36. The van der Waals surface area contributed by atoms with E-state index < -0.39 is 0 Å². The normalized spacial score (nSPS) is 20.5. The van der Waals surface area contributed by atoms with Crippen LogP contribution >= 0.6 is 15.9 Å². The second-order valence-electron chi connectivity index (χ2n) is 4.08. The minimum atomic E-state index is 0.736. The van der Waals surface area contributed by atoms with E-state index >= 15 is 0 Å². The molecule has 1 saturated heterocycles. The summed E-state index contributed by atoms with van der Waals surface area (Å²) in [6, 6.07) is 2.09. The van der Waals surface area contributed by atoms with E-state index in [9.17, 15) is 0 Å². The fourth-order valence-corrected chi connectivity index (χ4v) is 2.40. The number of nitrogens with zero attached hydrogens (tertiary/aromatic N) is 1. The Morgan fingerprint density at radius 3 is 3.20 bits per heavy atom. The standard InChI is InChI=1S/C11H16BrN3/c1-8-4-10(12)11(14-5-8)15-7-9-2-3-13-6-9/h4-5,9,13H,2-3,6-7H2,1H3,(H,14,15). The number of hydrogen-bond acceptors (Lipinski definition) is 3. The number of halogens is 1. The molecule has 0 aliphatic carbocycles. The van der Waals surface area contributed by atoms with Crippen molar-refractivity contribution in [2.45, 2.75) is 13.3 Å². The highest BCUT2D eigenvalue weighted by molar-refractivity contribution is 9.10. The van der Waals surface area contributed by atoms with Gasteiger partial charge in [-0.05, 0) is 59.9 Å². The molecule has 3 nitrogen and oxygen atoms in total. The Balaban J connectivity index is 1.92. The Morgan fingerprint density at radius 2 is 2.53 bits per heavy atom. The van der Waals surface area contributed by atoms with E-state index in [1.807, 2.05) is 13.1 Å². The first-order valence-corrected chi connectivity index (χ1v) is 6.12. The molecule has 0 amide bonds. The second kappa shape index (κ2) is 4.94. The van der Waals surface area contributed by atoms with Gasteiger partial charge in [-0.1, -0.05) is 0 Å². The molecular weight excluding hydrogens is 254 g/mol. The highest BCUT2D eigenvalue weighted by Crippen LogP contribution is 2.21. The molecule has 0 aromatic carbocycles. The fraction of sp³-hybridized carbons (Fsp3) is 0.545. The molecule has 2 N–H and O–H groups in total. The molecule has 1 aromatic heterocycles. The summed E-state index contributed by atoms with van der Waals surface area (Å²) in [5, 5.41) is 6.74. The third kappa shape index (κ3) is 2.92. The van der Waals surface area contributed by atoms with Crippen molar-refractivity contribution < 1.29 is 0 Å². The van der Waals surface area contributed by atoms with Crippen LogP contribution < -0.4 is 10.6 Å². The Labute approximate surface area is 98.8 Å². The molecule has 1 atom stereocenters. The lowest BCUT2D eigenvalue weighted by molar-refractivity contribution is 0.614. The van der Waals surface area contributed by atoms with E-state index in [1.165, 1.54) is 12.0 Å². The van der Waals surface area contributed by atoms with Crippen LogP contribution in [0.1, 0.15) is 12.0 Å². The lowest BCUT2D eigenvalue weighted by Crippen LogP contribution is -2.17. The smallest absolute Gasteiger partial charge is 0.140 e. The van der Waals surface area contributed by atoms with Gasteiger partial charge in [0.2, 0.25) is 0 Å². The van der Waals surface area contributed by atoms with Crippen molar-refractivity contribution >= 4 is 21.7 Å². The van der Waals surface area contributed by atoms with Crippen LogP contribution in [0, 0.1) is 12.8 Å². The van der Waals surface area contributed by atoms with Gasteiger partial charge < -0.3 is 10.6 Å². The highest BCUT2D eigenvalue weighted by Gasteiger charge is 2.14. The van der Waals surface area contributed by atoms with Crippen molar-refractivity contribution in [2.75, 3.05) is 25.0 Å². The molecule has 1 aliphatic rings. The molecule has 0 spiro atoms. The second-order valence-corrected chi connectivity index (χ2v) is 4.94. The summed E-state index contributed by atoms with van der Waals surface area (Å²) in [5.41, 5.74) is 1.18. The van der Waals surface area contributed by atoms with Crippen LogP contribution in [0.25, 0.3) is 0 Å². The summed E-state index contributed by atoms with van der Waals surface area (Å²) in [7, 11) is 0. The SMILES string of the molecule is Cc1cnc(NCC2CCNC2)c(Br)c1. The van der Waals surface area contributed by atoms with Gasteiger partial charge in [-0.15, -0.1) is 0 Å². The molecule has 0 saturated carbocycles. The topological polar surface area (TPSA) is 37.0 Å². The van der Waals surface area contributed by atoms with Gasteiger partial charge in [0.05, 0.1) is 4.47 Å². The first-order valence-electron chi connectivity index (χ1n) is 5.32. The van der Waals surface area contributed by atoms with Crippen LogP contribution in [0.15, 0.2) is 16.7 Å². The van der Waals surface area contributed by atoms with Gasteiger partial charge >= 0.3 is 0 Å². The summed E-state index contributed by atoms with van der Waals surface area (Å²) >= 11 is 3.52. The van der Waals surface area contributed by atoms with Crippen LogP contribution in [0.4, 0.5) is 5.82 Å². The lowest BCUT2D eigenvalue weighted by atomic mass is 10.1. The Hall–Kier alpha value is -0.610. The van der Waals surface area contributed by atoms with E-state index in [4.69, 9.17) is 0 Å². The minimum absolute atomic E-state index is 0.736. The molecule has 2 heterocycles. The van der Waals surface area contributed by atoms with Crippen molar-refractivity contribution in [1.82, 2.24) is 10.3 Å². The van der Waals surface area contributed by atoms with Crippen molar-refractivity contribution in [3.05, 3.63) is 22.3 Å². The molecule has 2 rings (SSSR count). The van der Waals surface area contributed by atoms with Gasteiger partial charge in [0.15, 0.2) is 0 Å². The molecule has 1 aromatic rings. The van der Waals surface area contributed by atoms with Gasteiger partial charge in [-0.3, -0.25) is 0 Å². The number of nitrogens with one attached hydrogen (secondary N) is 2. The van der Waals surface area contributed by atoms with E-state index in [0.29, 0.717) is 0 Å². The average molecular weight is 270 g/mol. The third-order valence-electron chi connectivity index (χ3n) is 2.70. The quantitative estimate of drug-likeness (QED) is 0.884. The molecule has 82 valence electrons. The minimum Gasteiger partial charge on any atom is -0.369 e. The van der Waals surface area contributed by atoms with E-state index in [0.717, 1.165) is 35.8 Å². The zero-order valence-corrected chi connectivity index (χ0v) is 10.5. The summed E-state index contributed by atoms with van der Waals surface area (Å²) in [6.07, 6.45) is 3.15. The molecule has 4 heteroatoms. The molecule has 1 unspecified atom stereocenters. The number of aromatic nitrogens is 1. The number of rotatable bonds is 3. The fourth-order valence-electron chi connectivity index (χ4n) is 1.79. The van der Waals surface area contributed by atoms with E-state index in [1.54, 1.807) is 0 Å². The van der Waals surface area contributed by atoms with E-state index in [2.05, 4.69) is 37.6 Å². The van der Waals surface area contributed by atoms with Crippen LogP contribution in [-0.4, -0.2) is 24.6 Å². The summed E-state index contributed by atoms with van der Waals surface area (Å²) in [6.45, 7) is 5.31. The van der Waals surface area contributed by atoms with Crippen LogP contribution in [-0.2, 0) is 0 Å². The van der Waals surface area contributed by atoms with Crippen LogP contribution in [0.5, 0.6) is 0 Å². The maximum Gasteiger partial charge on any atom is 0.140 e. The molecular formula is C11H16BrN3. The van der Waals surface area contributed by atoms with Crippen molar-refractivity contribution in [2.24, 2.45) is 5.92 Å². The predicted octanol–water partition coefficient (Wildman–Crippen LogP) is 2.17. The van der Waals surface area contributed by atoms with Gasteiger partial charge in [0.25, 0.3) is 0 Å². The van der Waals surface area contributed by atoms with Gasteiger partial charge in [0, 0.05) is 12.7 Å². The predicted molar refractivity (Wildman–Crippen MR) is 66.1 cm³/mol. The van der Waals surface area contributed by atoms with Gasteiger partial charge in [-0.25, -0.2) is 4.98 Å². The molecule has 15 heavy (non-hydrogen) atoms. The molecule has 0 radical (unpaired) electrons. The maximum absolute atomic E-state index is 4.36. The van der Waals surface area contributed by atoms with Crippen molar-refractivity contribution in [1.29, 1.82) is 0 Å². The monoisotopic (exact) mass is 269 g/mol. The third-order valence-corrected chi connectivity index (χ3v) is 3.30. The Kier molecular flexibility index (Phi) is 3.59. The number of hydrogen-bond donors (Lipinski definition) is 2. The van der Waals surface area contributed by atoms with Gasteiger partial charge in [-0.2, -0.15) is 0 Å². The number of aryl methyl sites for hydroxylation is 1. The lowest BCUT2D eigenvalue weighted by Gasteiger charge is -2.11. The average Bonchev–Trinajstić information content (AvgIpc) is 2.69. The zero-order valence-electron chi connectivity index (χ0n) is 8.89. The highest BCUT2D eigenvalue weighted by atomic mass is 79.9. The molecule has 1 aliphatic heterocycles. The Morgan fingerprint density at radius 1 is 1.67 bits per heavy atom. The summed E-state index contributed by atoms with van der Waals surface area (Å²) < 4.78 is 1.05. The van der Waals surface area contributed by atoms with Gasteiger partial charge in [0.1, 0.15) is 5.82 Å². The molecule has 0 bridgehead atoms. The van der Waals surface area contributed by atoms with E-state index in [-0.39, 0.29) is 0 Å².